The van der Waals surface area contributed by atoms with E-state index in [1.807, 2.05) is 24.3 Å². The predicted octanol–water partition coefficient (Wildman–Crippen LogP) is 3.63. The van der Waals surface area contributed by atoms with Gasteiger partial charge in [0, 0.05) is 11.3 Å². The normalized spacial score (nSPS) is 10.4. The van der Waals surface area contributed by atoms with E-state index in [0.717, 1.165) is 11.3 Å². The van der Waals surface area contributed by atoms with Crippen molar-refractivity contribution in [2.45, 2.75) is 13.3 Å². The van der Waals surface area contributed by atoms with Crippen LogP contribution in [0.25, 0.3) is 11.5 Å². The molecule has 1 heterocycles. The molecule has 0 saturated carbocycles. The van der Waals surface area contributed by atoms with Gasteiger partial charge < -0.3 is 19.2 Å². The van der Waals surface area contributed by atoms with Crippen molar-refractivity contribution >= 4 is 17.6 Å². The second-order valence-electron chi connectivity index (χ2n) is 6.05. The third kappa shape index (κ3) is 4.37. The fraction of sp³-hybridized carbons (Fsp3) is 0.190. The Labute approximate surface area is 162 Å². The molecule has 28 heavy (non-hydrogen) atoms. The number of ether oxygens (including phenoxy) is 2. The molecule has 0 aliphatic heterocycles. The fourth-order valence-corrected chi connectivity index (χ4v) is 2.65. The Hall–Kier alpha value is -3.61. The van der Waals surface area contributed by atoms with E-state index in [9.17, 15) is 9.59 Å². The van der Waals surface area contributed by atoms with Crippen LogP contribution in [0.2, 0.25) is 0 Å². The van der Waals surface area contributed by atoms with Crippen LogP contribution in [0.4, 0.5) is 5.69 Å². The Kier molecular flexibility index (Phi) is 5.74. The number of rotatable bonds is 6. The molecule has 0 saturated heterocycles. The lowest BCUT2D eigenvalue weighted by molar-refractivity contribution is -0.115. The summed E-state index contributed by atoms with van der Waals surface area (Å²) in [4.78, 5) is 28.4. The van der Waals surface area contributed by atoms with Gasteiger partial charge in [0.1, 0.15) is 11.5 Å². The van der Waals surface area contributed by atoms with Gasteiger partial charge in [0.15, 0.2) is 0 Å². The number of aromatic nitrogens is 1. The van der Waals surface area contributed by atoms with Crippen molar-refractivity contribution in [1.82, 2.24) is 4.98 Å². The standard InChI is InChI=1S/C21H20N2O5/c1-13-18(23-20(28-13)14-7-9-17(26-2)10-8-14)12-19(24)22-16-6-4-5-15(11-16)21(25)27-3/h4-11H,12H2,1-3H3,(H,22,24). The molecule has 1 aromatic heterocycles. The lowest BCUT2D eigenvalue weighted by Gasteiger charge is -2.06. The number of esters is 1. The number of carbonyl (C=O) groups excluding carboxylic acids is 2. The van der Waals surface area contributed by atoms with Crippen molar-refractivity contribution in [3.8, 4) is 17.2 Å². The first-order valence-corrected chi connectivity index (χ1v) is 8.59. The summed E-state index contributed by atoms with van der Waals surface area (Å²) in [7, 11) is 2.91. The van der Waals surface area contributed by atoms with E-state index in [-0.39, 0.29) is 12.3 Å². The van der Waals surface area contributed by atoms with Crippen molar-refractivity contribution in [1.29, 1.82) is 0 Å². The van der Waals surface area contributed by atoms with E-state index in [2.05, 4.69) is 15.0 Å². The zero-order valence-corrected chi connectivity index (χ0v) is 15.8. The van der Waals surface area contributed by atoms with Crippen LogP contribution in [0.5, 0.6) is 5.75 Å². The third-order valence-corrected chi connectivity index (χ3v) is 4.13. The summed E-state index contributed by atoms with van der Waals surface area (Å²) >= 11 is 0. The Bertz CT molecular complexity index is 992. The Balaban J connectivity index is 1.70. The average molecular weight is 380 g/mol. The lowest BCUT2D eigenvalue weighted by Crippen LogP contribution is -2.15. The minimum atomic E-state index is -0.465. The molecule has 0 fully saturated rings. The average Bonchev–Trinajstić information content (AvgIpc) is 3.07. The number of methoxy groups -OCH3 is 2. The highest BCUT2D eigenvalue weighted by Gasteiger charge is 2.15. The number of benzene rings is 2. The maximum Gasteiger partial charge on any atom is 0.337 e. The van der Waals surface area contributed by atoms with Crippen LogP contribution in [0.15, 0.2) is 52.9 Å². The number of hydrogen-bond donors (Lipinski definition) is 1. The summed E-state index contributed by atoms with van der Waals surface area (Å²) in [6.45, 7) is 1.76. The van der Waals surface area contributed by atoms with Crippen molar-refractivity contribution < 1.29 is 23.5 Å². The number of anilines is 1. The number of carbonyl (C=O) groups is 2. The minimum absolute atomic E-state index is 0.0495. The first-order valence-electron chi connectivity index (χ1n) is 8.59. The molecule has 0 radical (unpaired) electrons. The number of oxazole rings is 1. The highest BCUT2D eigenvalue weighted by atomic mass is 16.5. The molecule has 1 N–H and O–H groups in total. The van der Waals surface area contributed by atoms with Gasteiger partial charge in [-0.3, -0.25) is 4.79 Å². The van der Waals surface area contributed by atoms with Gasteiger partial charge in [0.05, 0.1) is 31.9 Å². The molecule has 1 amide bonds. The van der Waals surface area contributed by atoms with Crippen LogP contribution < -0.4 is 10.1 Å². The Morgan fingerprint density at radius 3 is 2.54 bits per heavy atom. The lowest BCUT2D eigenvalue weighted by atomic mass is 10.2. The zero-order chi connectivity index (χ0) is 20.1. The van der Waals surface area contributed by atoms with E-state index in [1.165, 1.54) is 7.11 Å². The van der Waals surface area contributed by atoms with Crippen molar-refractivity contribution in [2.75, 3.05) is 19.5 Å². The van der Waals surface area contributed by atoms with Crippen molar-refractivity contribution in [3.63, 3.8) is 0 Å². The second-order valence-corrected chi connectivity index (χ2v) is 6.05. The van der Waals surface area contributed by atoms with E-state index in [4.69, 9.17) is 9.15 Å². The van der Waals surface area contributed by atoms with Crippen molar-refractivity contribution in [2.24, 2.45) is 0 Å². The molecule has 0 unspecified atom stereocenters. The number of amides is 1. The van der Waals surface area contributed by atoms with Crippen LogP contribution in [-0.2, 0) is 16.0 Å². The maximum absolute atomic E-state index is 12.4. The van der Waals surface area contributed by atoms with Gasteiger partial charge >= 0.3 is 5.97 Å². The molecular weight excluding hydrogens is 360 g/mol. The number of nitrogens with zero attached hydrogens (tertiary/aromatic N) is 1. The van der Waals surface area contributed by atoms with E-state index in [0.29, 0.717) is 28.6 Å². The highest BCUT2D eigenvalue weighted by molar-refractivity contribution is 5.95. The third-order valence-electron chi connectivity index (χ3n) is 4.13. The SMILES string of the molecule is COC(=O)c1cccc(NC(=O)Cc2nc(-c3ccc(OC)cc3)oc2C)c1. The summed E-state index contributed by atoms with van der Waals surface area (Å²) in [6.07, 6.45) is 0.0495. The number of hydrogen-bond acceptors (Lipinski definition) is 6. The van der Waals surface area contributed by atoms with E-state index < -0.39 is 5.97 Å². The van der Waals surface area contributed by atoms with Crippen LogP contribution in [0.1, 0.15) is 21.8 Å². The Morgan fingerprint density at radius 2 is 1.86 bits per heavy atom. The minimum Gasteiger partial charge on any atom is -0.497 e. The smallest absolute Gasteiger partial charge is 0.337 e. The monoisotopic (exact) mass is 380 g/mol. The zero-order valence-electron chi connectivity index (χ0n) is 15.8. The molecule has 2 aromatic carbocycles. The summed E-state index contributed by atoms with van der Waals surface area (Å²) in [5.74, 6) is 1.02. The molecule has 7 nitrogen and oxygen atoms in total. The molecule has 144 valence electrons. The van der Waals surface area contributed by atoms with Gasteiger partial charge in [-0.25, -0.2) is 9.78 Å². The van der Waals surface area contributed by atoms with Gasteiger partial charge in [-0.2, -0.15) is 0 Å². The fourth-order valence-electron chi connectivity index (χ4n) is 2.65. The van der Waals surface area contributed by atoms with Crippen LogP contribution in [-0.4, -0.2) is 31.1 Å². The van der Waals surface area contributed by atoms with Gasteiger partial charge in [0.25, 0.3) is 0 Å². The topological polar surface area (TPSA) is 90.7 Å². The van der Waals surface area contributed by atoms with Gasteiger partial charge in [-0.1, -0.05) is 6.07 Å². The van der Waals surface area contributed by atoms with Crippen LogP contribution in [0, 0.1) is 6.92 Å². The van der Waals surface area contributed by atoms with Gasteiger partial charge in [-0.15, -0.1) is 0 Å². The summed E-state index contributed by atoms with van der Waals surface area (Å²) in [5, 5.41) is 2.76. The summed E-state index contributed by atoms with van der Waals surface area (Å²) in [5.41, 5.74) is 2.21. The molecule has 3 aromatic rings. The first-order chi connectivity index (χ1) is 13.5. The number of aryl methyl sites for hydroxylation is 1. The van der Waals surface area contributed by atoms with E-state index in [1.54, 1.807) is 38.3 Å². The second kappa shape index (κ2) is 8.39. The quantitative estimate of drug-likeness (QED) is 0.657. The Morgan fingerprint density at radius 1 is 1.11 bits per heavy atom. The first kappa shape index (κ1) is 19.2. The molecule has 0 aliphatic rings. The van der Waals surface area contributed by atoms with E-state index >= 15 is 0 Å². The summed E-state index contributed by atoms with van der Waals surface area (Å²) in [6, 6.07) is 13.9. The predicted molar refractivity (Wildman–Crippen MR) is 103 cm³/mol. The molecule has 0 bridgehead atoms. The molecule has 3 rings (SSSR count). The molecule has 0 atom stereocenters. The van der Waals surface area contributed by atoms with Gasteiger partial charge in [0.2, 0.25) is 11.8 Å². The molecule has 7 heteroatoms. The maximum atomic E-state index is 12.4. The highest BCUT2D eigenvalue weighted by Crippen LogP contribution is 2.24. The molecule has 0 spiro atoms. The molecule has 0 aliphatic carbocycles. The number of nitrogens with one attached hydrogen (secondary N) is 1. The molecular formula is C21H20N2O5. The van der Waals surface area contributed by atoms with Crippen molar-refractivity contribution in [3.05, 3.63) is 65.5 Å². The van der Waals surface area contributed by atoms with Crippen LogP contribution in [0.3, 0.4) is 0 Å². The largest absolute Gasteiger partial charge is 0.497 e. The summed E-state index contributed by atoms with van der Waals surface area (Å²) < 4.78 is 15.5. The van der Waals surface area contributed by atoms with Crippen LogP contribution >= 0.6 is 0 Å². The van der Waals surface area contributed by atoms with Gasteiger partial charge in [-0.05, 0) is 49.4 Å².